The molecule has 0 heterocycles. The van der Waals surface area contributed by atoms with Crippen molar-refractivity contribution in [1.29, 1.82) is 0 Å². The van der Waals surface area contributed by atoms with Gasteiger partial charge in [0.15, 0.2) is 0 Å². The molecule has 0 aromatic rings. The molecule has 0 saturated carbocycles. The highest BCUT2D eigenvalue weighted by Gasteiger charge is 2.36. The van der Waals surface area contributed by atoms with Crippen molar-refractivity contribution in [2.75, 3.05) is 13.2 Å². The van der Waals surface area contributed by atoms with Gasteiger partial charge >= 0.3 is 12.1 Å². The Morgan fingerprint density at radius 2 is 1.81 bits per heavy atom. The van der Waals surface area contributed by atoms with Crippen LogP contribution in [0, 0.1) is 0 Å². The van der Waals surface area contributed by atoms with Gasteiger partial charge in [-0.05, 0) is 41.0 Å². The second-order valence-corrected chi connectivity index (χ2v) is 5.98. The molecular weight excluding hydrogens is 274 g/mol. The van der Waals surface area contributed by atoms with Crippen LogP contribution in [0.1, 0.15) is 54.4 Å². The van der Waals surface area contributed by atoms with Crippen LogP contribution in [-0.4, -0.2) is 53.0 Å². The van der Waals surface area contributed by atoms with Gasteiger partial charge in [0.05, 0.1) is 19.3 Å². The second-order valence-electron chi connectivity index (χ2n) is 5.98. The molecule has 0 aromatic heterocycles. The molecule has 0 aliphatic carbocycles. The Morgan fingerprint density at radius 1 is 1.24 bits per heavy atom. The van der Waals surface area contributed by atoms with Crippen molar-refractivity contribution in [2.45, 2.75) is 72.1 Å². The Bertz CT molecular complexity index is 337. The molecule has 0 aliphatic rings. The van der Waals surface area contributed by atoms with Crippen LogP contribution in [0.5, 0.6) is 0 Å². The molecule has 6 nitrogen and oxygen atoms in total. The van der Waals surface area contributed by atoms with Crippen molar-refractivity contribution in [3.05, 3.63) is 0 Å². The zero-order valence-electron chi connectivity index (χ0n) is 14.0. The van der Waals surface area contributed by atoms with E-state index in [1.165, 1.54) is 4.90 Å². The summed E-state index contributed by atoms with van der Waals surface area (Å²) in [5, 5.41) is 9.38. The minimum atomic E-state index is -0.744. The van der Waals surface area contributed by atoms with Crippen LogP contribution in [0.3, 0.4) is 0 Å². The Balaban J connectivity index is 5.32. The third-order valence-electron chi connectivity index (χ3n) is 2.80. The van der Waals surface area contributed by atoms with E-state index in [1.807, 2.05) is 6.92 Å². The van der Waals surface area contributed by atoms with Gasteiger partial charge in [0, 0.05) is 0 Å². The predicted octanol–water partition coefficient (Wildman–Crippen LogP) is 2.34. The number of nitrogens with zero attached hydrogens (tertiary/aromatic N) is 1. The number of hydrogen-bond donors (Lipinski definition) is 1. The molecule has 21 heavy (non-hydrogen) atoms. The van der Waals surface area contributed by atoms with Gasteiger partial charge in [-0.1, -0.05) is 13.3 Å². The summed E-state index contributed by atoms with van der Waals surface area (Å²) in [5.74, 6) is -0.467. The summed E-state index contributed by atoms with van der Waals surface area (Å²) in [6.45, 7) is 10.6. The van der Waals surface area contributed by atoms with Crippen molar-refractivity contribution in [1.82, 2.24) is 4.90 Å². The first kappa shape index (κ1) is 19.7. The van der Waals surface area contributed by atoms with Gasteiger partial charge in [-0.3, -0.25) is 4.90 Å². The average molecular weight is 303 g/mol. The monoisotopic (exact) mass is 303 g/mol. The molecule has 0 unspecified atom stereocenters. The van der Waals surface area contributed by atoms with E-state index >= 15 is 0 Å². The van der Waals surface area contributed by atoms with Crippen molar-refractivity contribution in [3.63, 3.8) is 0 Å². The number of rotatable bonds is 7. The van der Waals surface area contributed by atoms with Gasteiger partial charge in [-0.15, -0.1) is 0 Å². The highest BCUT2D eigenvalue weighted by molar-refractivity contribution is 5.81. The Hall–Kier alpha value is -1.30. The maximum absolute atomic E-state index is 12.4. The summed E-state index contributed by atoms with van der Waals surface area (Å²) in [4.78, 5) is 25.8. The fourth-order valence-electron chi connectivity index (χ4n) is 1.90. The Morgan fingerprint density at radius 3 is 2.19 bits per heavy atom. The van der Waals surface area contributed by atoms with Gasteiger partial charge < -0.3 is 14.6 Å². The van der Waals surface area contributed by atoms with E-state index in [9.17, 15) is 14.7 Å². The van der Waals surface area contributed by atoms with Gasteiger partial charge in [0.1, 0.15) is 11.6 Å². The lowest BCUT2D eigenvalue weighted by Gasteiger charge is -2.35. The van der Waals surface area contributed by atoms with Gasteiger partial charge in [0.25, 0.3) is 0 Å². The predicted molar refractivity (Wildman–Crippen MR) is 79.9 cm³/mol. The number of amides is 1. The number of aliphatic hydroxyl groups excluding tert-OH is 1. The summed E-state index contributed by atoms with van der Waals surface area (Å²) in [6, 6.07) is -1.27. The molecule has 0 rings (SSSR count). The van der Waals surface area contributed by atoms with Crippen molar-refractivity contribution < 1.29 is 24.2 Å². The van der Waals surface area contributed by atoms with Crippen LogP contribution in [0.2, 0.25) is 0 Å². The van der Waals surface area contributed by atoms with Crippen LogP contribution in [-0.2, 0) is 14.3 Å². The molecule has 0 aromatic carbocycles. The van der Waals surface area contributed by atoms with E-state index in [0.29, 0.717) is 12.8 Å². The topological polar surface area (TPSA) is 76.1 Å². The molecule has 0 aliphatic heterocycles. The summed E-state index contributed by atoms with van der Waals surface area (Å²) in [6.07, 6.45) is 0.555. The summed E-state index contributed by atoms with van der Waals surface area (Å²) >= 11 is 0. The van der Waals surface area contributed by atoms with Crippen LogP contribution in [0.4, 0.5) is 4.79 Å². The van der Waals surface area contributed by atoms with Gasteiger partial charge in [0.2, 0.25) is 0 Å². The van der Waals surface area contributed by atoms with E-state index < -0.39 is 29.7 Å². The van der Waals surface area contributed by atoms with Crippen LogP contribution < -0.4 is 0 Å². The molecule has 0 bridgehead atoms. The summed E-state index contributed by atoms with van der Waals surface area (Å²) in [7, 11) is 0. The lowest BCUT2D eigenvalue weighted by Crippen LogP contribution is -2.53. The van der Waals surface area contributed by atoms with Crippen molar-refractivity contribution in [3.8, 4) is 0 Å². The number of carbonyl (C=O) groups is 2. The Kier molecular flexibility index (Phi) is 8.32. The summed E-state index contributed by atoms with van der Waals surface area (Å²) < 4.78 is 10.4. The van der Waals surface area contributed by atoms with E-state index in [2.05, 4.69) is 0 Å². The largest absolute Gasteiger partial charge is 0.464 e. The summed E-state index contributed by atoms with van der Waals surface area (Å²) in [5.41, 5.74) is -0.671. The van der Waals surface area contributed by atoms with Gasteiger partial charge in [-0.2, -0.15) is 0 Å². The first-order valence-electron chi connectivity index (χ1n) is 7.46. The zero-order chi connectivity index (χ0) is 16.6. The van der Waals surface area contributed by atoms with Crippen LogP contribution >= 0.6 is 0 Å². The second kappa shape index (κ2) is 8.87. The van der Waals surface area contributed by atoms with E-state index in [-0.39, 0.29) is 13.2 Å². The van der Waals surface area contributed by atoms with E-state index in [4.69, 9.17) is 9.47 Å². The molecule has 1 N–H and O–H groups in total. The SMILES string of the molecule is CCC[C@@H](C(=O)OCC)N(C(=O)OC(C)(C)C)[C@@H](C)CO. The maximum Gasteiger partial charge on any atom is 0.411 e. The number of aliphatic hydroxyl groups is 1. The highest BCUT2D eigenvalue weighted by Crippen LogP contribution is 2.18. The molecular formula is C15H29NO5. The molecule has 1 amide bonds. The Labute approximate surface area is 127 Å². The standard InChI is InChI=1S/C15H29NO5/c1-7-9-12(13(18)20-8-2)16(11(3)10-17)14(19)21-15(4,5)6/h11-12,17H,7-10H2,1-6H3/t11-,12-/m0/s1. The molecule has 2 atom stereocenters. The molecule has 6 heteroatoms. The van der Waals surface area contributed by atoms with Crippen LogP contribution in [0.25, 0.3) is 0 Å². The smallest absolute Gasteiger partial charge is 0.411 e. The molecule has 0 spiro atoms. The third-order valence-corrected chi connectivity index (χ3v) is 2.80. The zero-order valence-corrected chi connectivity index (χ0v) is 14.0. The average Bonchev–Trinajstić information content (AvgIpc) is 2.35. The van der Waals surface area contributed by atoms with Crippen LogP contribution in [0.15, 0.2) is 0 Å². The fraction of sp³-hybridized carbons (Fsp3) is 0.867. The fourth-order valence-corrected chi connectivity index (χ4v) is 1.90. The quantitative estimate of drug-likeness (QED) is 0.731. The van der Waals surface area contributed by atoms with Crippen molar-refractivity contribution >= 4 is 12.1 Å². The van der Waals surface area contributed by atoms with E-state index in [0.717, 1.165) is 0 Å². The van der Waals surface area contributed by atoms with Gasteiger partial charge in [-0.25, -0.2) is 9.59 Å². The lowest BCUT2D eigenvalue weighted by molar-refractivity contribution is -0.150. The third kappa shape index (κ3) is 6.80. The number of hydrogen-bond acceptors (Lipinski definition) is 5. The maximum atomic E-state index is 12.4. The molecule has 0 fully saturated rings. The lowest BCUT2D eigenvalue weighted by atomic mass is 10.1. The number of carbonyl (C=O) groups excluding carboxylic acids is 2. The number of ether oxygens (including phenoxy) is 2. The van der Waals surface area contributed by atoms with E-state index in [1.54, 1.807) is 34.6 Å². The minimum Gasteiger partial charge on any atom is -0.464 e. The first-order valence-corrected chi connectivity index (χ1v) is 7.46. The normalized spacial score (nSPS) is 14.2. The molecule has 0 saturated heterocycles. The number of esters is 1. The highest BCUT2D eigenvalue weighted by atomic mass is 16.6. The molecule has 0 radical (unpaired) electrons. The first-order chi connectivity index (χ1) is 9.67. The molecule has 124 valence electrons. The van der Waals surface area contributed by atoms with Crippen molar-refractivity contribution in [2.24, 2.45) is 0 Å². The minimum absolute atomic E-state index is 0.245.